The van der Waals surface area contributed by atoms with Crippen molar-refractivity contribution in [1.29, 1.82) is 0 Å². The monoisotopic (exact) mass is 263 g/mol. The van der Waals surface area contributed by atoms with Gasteiger partial charge in [0.1, 0.15) is 5.75 Å². The smallest absolute Gasteiger partial charge is 0.122 e. The van der Waals surface area contributed by atoms with Crippen LogP contribution < -0.4 is 10.5 Å². The van der Waals surface area contributed by atoms with Gasteiger partial charge in [-0.2, -0.15) is 0 Å². The van der Waals surface area contributed by atoms with Crippen LogP contribution in [0.1, 0.15) is 36.8 Å². The van der Waals surface area contributed by atoms with Crippen LogP contribution in [0.3, 0.4) is 0 Å². The molecule has 0 aliphatic heterocycles. The van der Waals surface area contributed by atoms with Crippen molar-refractivity contribution in [2.45, 2.75) is 50.7 Å². The van der Waals surface area contributed by atoms with Crippen molar-refractivity contribution in [2.75, 3.05) is 14.2 Å². The second kappa shape index (κ2) is 5.93. The number of benzene rings is 1. The minimum atomic E-state index is 0.0382. The standard InChI is InChI=1S/C16H25NO2/c1-12-5-6-15(18-2)13(9-12)10-14(17)11-16(19-3)7-4-8-16/h5-6,9,14H,4,7-8,10-11,17H2,1-3H3. The fourth-order valence-electron chi connectivity index (χ4n) is 2.96. The van der Waals surface area contributed by atoms with E-state index in [1.807, 2.05) is 6.07 Å². The Labute approximate surface area is 116 Å². The summed E-state index contributed by atoms with van der Waals surface area (Å²) in [6.45, 7) is 2.09. The molecule has 1 aromatic rings. The Morgan fingerprint density at radius 3 is 2.58 bits per heavy atom. The van der Waals surface area contributed by atoms with Crippen LogP contribution in [-0.2, 0) is 11.2 Å². The molecule has 0 radical (unpaired) electrons. The van der Waals surface area contributed by atoms with E-state index in [1.54, 1.807) is 14.2 Å². The highest BCUT2D eigenvalue weighted by molar-refractivity contribution is 5.37. The Bertz CT molecular complexity index is 421. The summed E-state index contributed by atoms with van der Waals surface area (Å²) >= 11 is 0. The summed E-state index contributed by atoms with van der Waals surface area (Å²) in [4.78, 5) is 0. The molecule has 0 heterocycles. The molecule has 2 N–H and O–H groups in total. The van der Waals surface area contributed by atoms with Gasteiger partial charge in [-0.1, -0.05) is 17.7 Å². The third-order valence-electron chi connectivity index (χ3n) is 4.25. The van der Waals surface area contributed by atoms with Gasteiger partial charge < -0.3 is 15.2 Å². The summed E-state index contributed by atoms with van der Waals surface area (Å²) in [7, 11) is 3.52. The normalized spacial score (nSPS) is 18.7. The SMILES string of the molecule is COc1ccc(C)cc1CC(N)CC1(OC)CCC1. The zero-order chi connectivity index (χ0) is 13.9. The first-order valence-corrected chi connectivity index (χ1v) is 7.03. The topological polar surface area (TPSA) is 44.5 Å². The Hall–Kier alpha value is -1.06. The first-order valence-electron chi connectivity index (χ1n) is 7.03. The number of methoxy groups -OCH3 is 2. The number of ether oxygens (including phenoxy) is 2. The molecular formula is C16H25NO2. The fraction of sp³-hybridized carbons (Fsp3) is 0.625. The van der Waals surface area contributed by atoms with E-state index in [1.165, 1.54) is 17.5 Å². The van der Waals surface area contributed by atoms with Crippen molar-refractivity contribution in [1.82, 2.24) is 0 Å². The van der Waals surface area contributed by atoms with Gasteiger partial charge in [0.15, 0.2) is 0 Å². The Balaban J connectivity index is 2.02. The van der Waals surface area contributed by atoms with E-state index in [2.05, 4.69) is 19.1 Å². The maximum absolute atomic E-state index is 6.31. The van der Waals surface area contributed by atoms with Gasteiger partial charge in [0.05, 0.1) is 12.7 Å². The summed E-state index contributed by atoms with van der Waals surface area (Å²) in [6, 6.07) is 6.37. The Kier molecular flexibility index (Phi) is 4.48. The molecule has 0 saturated heterocycles. The average molecular weight is 263 g/mol. The summed E-state index contributed by atoms with van der Waals surface area (Å²) in [5.41, 5.74) is 8.79. The molecule has 0 spiro atoms. The molecule has 106 valence electrons. The van der Waals surface area contributed by atoms with Crippen molar-refractivity contribution in [3.8, 4) is 5.75 Å². The van der Waals surface area contributed by atoms with Gasteiger partial charge in [0.25, 0.3) is 0 Å². The van der Waals surface area contributed by atoms with E-state index >= 15 is 0 Å². The maximum Gasteiger partial charge on any atom is 0.122 e. The lowest BCUT2D eigenvalue weighted by atomic mass is 9.75. The van der Waals surface area contributed by atoms with Crippen molar-refractivity contribution in [2.24, 2.45) is 5.73 Å². The van der Waals surface area contributed by atoms with Crippen molar-refractivity contribution in [3.05, 3.63) is 29.3 Å². The molecule has 3 heteroatoms. The molecule has 2 rings (SSSR count). The van der Waals surface area contributed by atoms with Gasteiger partial charge in [-0.05, 0) is 50.7 Å². The predicted octanol–water partition coefficient (Wildman–Crippen LogP) is 2.83. The first-order chi connectivity index (χ1) is 9.08. The summed E-state index contributed by atoms with van der Waals surface area (Å²) < 4.78 is 11.1. The second-order valence-electron chi connectivity index (χ2n) is 5.72. The number of rotatable bonds is 6. The van der Waals surface area contributed by atoms with E-state index < -0.39 is 0 Å². The van der Waals surface area contributed by atoms with Crippen LogP contribution in [0, 0.1) is 6.92 Å². The van der Waals surface area contributed by atoms with Crippen LogP contribution in [-0.4, -0.2) is 25.9 Å². The minimum Gasteiger partial charge on any atom is -0.496 e. The number of nitrogens with two attached hydrogens (primary N) is 1. The van der Waals surface area contributed by atoms with Gasteiger partial charge in [-0.25, -0.2) is 0 Å². The van der Waals surface area contributed by atoms with Gasteiger partial charge in [0.2, 0.25) is 0 Å². The molecule has 0 aromatic heterocycles. The van der Waals surface area contributed by atoms with Gasteiger partial charge in [-0.3, -0.25) is 0 Å². The lowest BCUT2D eigenvalue weighted by Gasteiger charge is -2.42. The zero-order valence-corrected chi connectivity index (χ0v) is 12.2. The Morgan fingerprint density at radius 1 is 1.32 bits per heavy atom. The van der Waals surface area contributed by atoms with Crippen LogP contribution in [0.4, 0.5) is 0 Å². The van der Waals surface area contributed by atoms with Crippen LogP contribution in [0.5, 0.6) is 5.75 Å². The number of aryl methyl sites for hydroxylation is 1. The zero-order valence-electron chi connectivity index (χ0n) is 12.2. The fourth-order valence-corrected chi connectivity index (χ4v) is 2.96. The molecule has 3 nitrogen and oxygen atoms in total. The maximum atomic E-state index is 6.31. The second-order valence-corrected chi connectivity index (χ2v) is 5.72. The number of hydrogen-bond acceptors (Lipinski definition) is 3. The predicted molar refractivity (Wildman–Crippen MR) is 77.6 cm³/mol. The molecule has 1 atom stereocenters. The van der Waals surface area contributed by atoms with Crippen molar-refractivity contribution >= 4 is 0 Å². The highest BCUT2D eigenvalue weighted by Gasteiger charge is 2.38. The highest BCUT2D eigenvalue weighted by atomic mass is 16.5. The van der Waals surface area contributed by atoms with E-state index in [9.17, 15) is 0 Å². The van der Waals surface area contributed by atoms with Crippen LogP contribution in [0.25, 0.3) is 0 Å². The summed E-state index contributed by atoms with van der Waals surface area (Å²) in [5.74, 6) is 0.932. The molecule has 1 fully saturated rings. The van der Waals surface area contributed by atoms with Gasteiger partial charge >= 0.3 is 0 Å². The molecule has 1 aromatic carbocycles. The quantitative estimate of drug-likeness (QED) is 0.858. The third kappa shape index (κ3) is 3.28. The Morgan fingerprint density at radius 2 is 2.05 bits per heavy atom. The molecule has 1 aliphatic rings. The molecule has 1 unspecified atom stereocenters. The van der Waals surface area contributed by atoms with Gasteiger partial charge in [0, 0.05) is 13.2 Å². The van der Waals surface area contributed by atoms with Crippen LogP contribution >= 0.6 is 0 Å². The first kappa shape index (κ1) is 14.4. The largest absolute Gasteiger partial charge is 0.496 e. The molecule has 1 aliphatic carbocycles. The average Bonchev–Trinajstić information content (AvgIpc) is 2.34. The minimum absolute atomic E-state index is 0.0382. The lowest BCUT2D eigenvalue weighted by Crippen LogP contribution is -2.45. The van der Waals surface area contributed by atoms with Crippen molar-refractivity contribution in [3.63, 3.8) is 0 Å². The van der Waals surface area contributed by atoms with E-state index in [4.69, 9.17) is 15.2 Å². The van der Waals surface area contributed by atoms with Gasteiger partial charge in [-0.15, -0.1) is 0 Å². The summed E-state index contributed by atoms with van der Waals surface area (Å²) in [6.07, 6.45) is 5.31. The number of hydrogen-bond donors (Lipinski definition) is 1. The third-order valence-corrected chi connectivity index (χ3v) is 4.25. The van der Waals surface area contributed by atoms with Crippen LogP contribution in [0.2, 0.25) is 0 Å². The van der Waals surface area contributed by atoms with E-state index in [0.717, 1.165) is 31.4 Å². The molecule has 19 heavy (non-hydrogen) atoms. The van der Waals surface area contributed by atoms with E-state index in [0.29, 0.717) is 0 Å². The molecule has 0 amide bonds. The molecular weight excluding hydrogens is 238 g/mol. The summed E-state index contributed by atoms with van der Waals surface area (Å²) in [5, 5.41) is 0. The lowest BCUT2D eigenvalue weighted by molar-refractivity contribution is -0.0813. The van der Waals surface area contributed by atoms with E-state index in [-0.39, 0.29) is 11.6 Å². The molecule has 1 saturated carbocycles. The van der Waals surface area contributed by atoms with Crippen LogP contribution in [0.15, 0.2) is 18.2 Å². The van der Waals surface area contributed by atoms with Crippen molar-refractivity contribution < 1.29 is 9.47 Å². The molecule has 0 bridgehead atoms. The highest BCUT2D eigenvalue weighted by Crippen LogP contribution is 2.39.